The lowest BCUT2D eigenvalue weighted by atomic mass is 10.0. The van der Waals surface area contributed by atoms with Crippen molar-refractivity contribution in [1.29, 1.82) is 5.26 Å². The lowest BCUT2D eigenvalue weighted by molar-refractivity contribution is 0.0783. The molecule has 10 heteroatoms. The maximum atomic E-state index is 14.5. The summed E-state index contributed by atoms with van der Waals surface area (Å²) >= 11 is 5.82. The summed E-state index contributed by atoms with van der Waals surface area (Å²) in [6.45, 7) is 4.34. The van der Waals surface area contributed by atoms with Crippen molar-refractivity contribution in [2.75, 3.05) is 13.1 Å². The number of carbonyl (C=O) groups excluding carboxylic acids is 1. The number of pyridine rings is 1. The molecule has 0 aliphatic carbocycles. The Kier molecular flexibility index (Phi) is 8.42. The number of amides is 1. The maximum Gasteiger partial charge on any atom is 0.289 e. The second-order valence-corrected chi connectivity index (χ2v) is 9.86. The molecule has 0 spiro atoms. The van der Waals surface area contributed by atoms with Crippen LogP contribution >= 0.6 is 11.6 Å². The number of aromatic hydroxyl groups is 1. The standard InChI is InChI=1S/C28H29ClFN5O3/c1-3-5-9-23-33-26(36)24(28(38)35(23)22(4-2)18-8-6-7-17(12-18)14-31)27(37)34-11-10-19(16-34)25-21(30)13-20(29)15-32-25/h6-8,12-13,15,19,22,38H,3-5,9-11,16H2,1-2H3/t19?,22-/m1/s1. The first-order valence-electron chi connectivity index (χ1n) is 12.7. The lowest BCUT2D eigenvalue weighted by Gasteiger charge is -2.26. The molecule has 1 aliphatic heterocycles. The van der Waals surface area contributed by atoms with Crippen molar-refractivity contribution in [2.45, 2.75) is 57.9 Å². The van der Waals surface area contributed by atoms with Gasteiger partial charge in [-0.1, -0.05) is 44.0 Å². The first-order chi connectivity index (χ1) is 18.3. The minimum absolute atomic E-state index is 0.141. The summed E-state index contributed by atoms with van der Waals surface area (Å²) in [5.74, 6) is -1.64. The third kappa shape index (κ3) is 5.41. The number of hydrogen-bond acceptors (Lipinski definition) is 6. The van der Waals surface area contributed by atoms with E-state index < -0.39 is 34.8 Å². The molecule has 2 atom stereocenters. The summed E-state index contributed by atoms with van der Waals surface area (Å²) in [4.78, 5) is 36.4. The molecule has 198 valence electrons. The van der Waals surface area contributed by atoms with Gasteiger partial charge in [-0.05, 0) is 43.0 Å². The van der Waals surface area contributed by atoms with E-state index in [0.717, 1.165) is 18.4 Å². The Morgan fingerprint density at radius 3 is 2.82 bits per heavy atom. The summed E-state index contributed by atoms with van der Waals surface area (Å²) in [5.41, 5.74) is 0.226. The van der Waals surface area contributed by atoms with Crippen LogP contribution in [0.1, 0.15) is 84.5 Å². The van der Waals surface area contributed by atoms with Gasteiger partial charge < -0.3 is 10.0 Å². The number of aryl methyl sites for hydroxylation is 1. The minimum Gasteiger partial charge on any atom is -0.494 e. The first-order valence-corrected chi connectivity index (χ1v) is 13.1. The predicted octanol–water partition coefficient (Wildman–Crippen LogP) is 4.98. The number of rotatable bonds is 8. The maximum absolute atomic E-state index is 14.5. The van der Waals surface area contributed by atoms with Crippen molar-refractivity contribution in [3.8, 4) is 11.9 Å². The summed E-state index contributed by atoms with van der Waals surface area (Å²) < 4.78 is 16.0. The number of benzene rings is 1. The normalized spacial score (nSPS) is 15.9. The third-order valence-corrected chi connectivity index (χ3v) is 7.15. The summed E-state index contributed by atoms with van der Waals surface area (Å²) in [5, 5.41) is 21.0. The van der Waals surface area contributed by atoms with Gasteiger partial charge in [-0.25, -0.2) is 4.39 Å². The number of hydrogen-bond donors (Lipinski definition) is 1. The molecule has 1 fully saturated rings. The fourth-order valence-electron chi connectivity index (χ4n) is 5.03. The van der Waals surface area contributed by atoms with E-state index in [1.165, 1.54) is 17.2 Å². The van der Waals surface area contributed by atoms with E-state index in [-0.39, 0.29) is 29.7 Å². The number of carbonyl (C=O) groups is 1. The third-order valence-electron chi connectivity index (χ3n) is 6.94. The number of unbranched alkanes of at least 4 members (excludes halogenated alkanes) is 1. The van der Waals surface area contributed by atoms with Gasteiger partial charge in [0.25, 0.3) is 11.5 Å². The molecule has 1 aliphatic rings. The van der Waals surface area contributed by atoms with Crippen LogP contribution in [-0.4, -0.2) is 43.5 Å². The molecule has 1 amide bonds. The molecular weight excluding hydrogens is 509 g/mol. The Labute approximate surface area is 225 Å². The van der Waals surface area contributed by atoms with E-state index >= 15 is 0 Å². The SMILES string of the molecule is CCCCc1nc(=O)c(C(=O)N2CCC(c3ncc(Cl)cc3F)C2)c(O)n1[C@H](CC)c1cccc(C#N)c1. The zero-order chi connectivity index (χ0) is 27.4. The van der Waals surface area contributed by atoms with E-state index in [9.17, 15) is 24.3 Å². The van der Waals surface area contributed by atoms with Crippen LogP contribution in [0.2, 0.25) is 5.02 Å². The predicted molar refractivity (Wildman–Crippen MR) is 141 cm³/mol. The summed E-state index contributed by atoms with van der Waals surface area (Å²) in [6, 6.07) is 9.88. The molecule has 4 rings (SSSR count). The van der Waals surface area contributed by atoms with Crippen LogP contribution < -0.4 is 5.56 Å². The number of nitriles is 1. The van der Waals surface area contributed by atoms with Crippen LogP contribution in [0.25, 0.3) is 0 Å². The number of likely N-dealkylation sites (tertiary alicyclic amines) is 1. The van der Waals surface area contributed by atoms with Crippen LogP contribution in [0.15, 0.2) is 41.3 Å². The highest BCUT2D eigenvalue weighted by Gasteiger charge is 2.35. The van der Waals surface area contributed by atoms with Gasteiger partial charge in [0.2, 0.25) is 5.88 Å². The summed E-state index contributed by atoms with van der Waals surface area (Å²) in [6.07, 6.45) is 4.36. The molecule has 38 heavy (non-hydrogen) atoms. The average Bonchev–Trinajstić information content (AvgIpc) is 3.39. The fraction of sp³-hybridized carbons (Fsp3) is 0.393. The van der Waals surface area contributed by atoms with Gasteiger partial charge in [-0.2, -0.15) is 10.2 Å². The topological polar surface area (TPSA) is 112 Å². The van der Waals surface area contributed by atoms with Crippen LogP contribution in [-0.2, 0) is 6.42 Å². The Hall–Kier alpha value is -3.77. The largest absolute Gasteiger partial charge is 0.494 e. The highest BCUT2D eigenvalue weighted by atomic mass is 35.5. The van der Waals surface area contributed by atoms with E-state index in [2.05, 4.69) is 16.0 Å². The Balaban J connectivity index is 1.74. The lowest BCUT2D eigenvalue weighted by Crippen LogP contribution is -2.35. The van der Waals surface area contributed by atoms with Crippen molar-refractivity contribution < 1.29 is 14.3 Å². The zero-order valence-corrected chi connectivity index (χ0v) is 22.1. The molecular formula is C28H29ClFN5O3. The number of nitrogens with zero attached hydrogens (tertiary/aromatic N) is 5. The number of halogens is 2. The van der Waals surface area contributed by atoms with Crippen LogP contribution in [0.4, 0.5) is 4.39 Å². The van der Waals surface area contributed by atoms with Crippen LogP contribution in [0.3, 0.4) is 0 Å². The Bertz CT molecular complexity index is 1450. The smallest absolute Gasteiger partial charge is 0.289 e. The van der Waals surface area contributed by atoms with Crippen LogP contribution in [0, 0.1) is 17.1 Å². The van der Waals surface area contributed by atoms with Gasteiger partial charge in [0.1, 0.15) is 11.6 Å². The molecule has 0 radical (unpaired) electrons. The highest BCUT2D eigenvalue weighted by Crippen LogP contribution is 2.33. The first kappa shape index (κ1) is 27.3. The average molecular weight is 538 g/mol. The molecule has 0 saturated carbocycles. The van der Waals surface area contributed by atoms with Crippen molar-refractivity contribution in [3.05, 3.63) is 85.9 Å². The van der Waals surface area contributed by atoms with E-state index in [1.54, 1.807) is 22.8 Å². The Morgan fingerprint density at radius 2 is 2.13 bits per heavy atom. The molecule has 1 unspecified atom stereocenters. The molecule has 1 saturated heterocycles. The molecule has 3 aromatic rings. The summed E-state index contributed by atoms with van der Waals surface area (Å²) in [7, 11) is 0. The molecule has 8 nitrogen and oxygen atoms in total. The van der Waals surface area contributed by atoms with Gasteiger partial charge in [0, 0.05) is 31.6 Å². The monoisotopic (exact) mass is 537 g/mol. The number of aromatic nitrogens is 3. The van der Waals surface area contributed by atoms with Gasteiger partial charge in [0.15, 0.2) is 5.56 Å². The van der Waals surface area contributed by atoms with Crippen molar-refractivity contribution in [3.63, 3.8) is 0 Å². The molecule has 1 aromatic carbocycles. The second kappa shape index (κ2) is 11.7. The van der Waals surface area contributed by atoms with Crippen LogP contribution in [0.5, 0.6) is 5.88 Å². The van der Waals surface area contributed by atoms with Crippen molar-refractivity contribution in [1.82, 2.24) is 19.4 Å². The highest BCUT2D eigenvalue weighted by molar-refractivity contribution is 6.30. The van der Waals surface area contributed by atoms with Gasteiger partial charge in [-0.15, -0.1) is 0 Å². The van der Waals surface area contributed by atoms with Gasteiger partial charge in [0.05, 0.1) is 28.4 Å². The molecule has 0 bridgehead atoms. The molecule has 3 heterocycles. The van der Waals surface area contributed by atoms with E-state index in [1.807, 2.05) is 19.9 Å². The molecule has 2 aromatic heterocycles. The quantitative estimate of drug-likeness (QED) is 0.433. The van der Waals surface area contributed by atoms with E-state index in [0.29, 0.717) is 30.7 Å². The molecule has 1 N–H and O–H groups in total. The van der Waals surface area contributed by atoms with Crippen molar-refractivity contribution in [2.24, 2.45) is 0 Å². The van der Waals surface area contributed by atoms with Gasteiger partial charge in [-0.3, -0.25) is 19.1 Å². The Morgan fingerprint density at radius 1 is 1.34 bits per heavy atom. The fourth-order valence-corrected chi connectivity index (χ4v) is 5.17. The van der Waals surface area contributed by atoms with Crippen molar-refractivity contribution >= 4 is 17.5 Å². The zero-order valence-electron chi connectivity index (χ0n) is 21.3. The minimum atomic E-state index is -0.797. The van der Waals surface area contributed by atoms with Gasteiger partial charge >= 0.3 is 0 Å². The van der Waals surface area contributed by atoms with E-state index in [4.69, 9.17) is 11.6 Å². The second-order valence-electron chi connectivity index (χ2n) is 9.42.